The predicted octanol–water partition coefficient (Wildman–Crippen LogP) is 3.94. The summed E-state index contributed by atoms with van der Waals surface area (Å²) in [5.74, 6) is 0.398. The van der Waals surface area contributed by atoms with Gasteiger partial charge >= 0.3 is 0 Å². The zero-order chi connectivity index (χ0) is 22.1. The largest absolute Gasteiger partial charge is 0.325 e. The maximum atomic E-state index is 12.6. The van der Waals surface area contributed by atoms with Gasteiger partial charge in [0.05, 0.1) is 12.2 Å². The Morgan fingerprint density at radius 3 is 2.52 bits per heavy atom. The topological polar surface area (TPSA) is 88.9 Å². The highest BCUT2D eigenvalue weighted by atomic mass is 32.2. The van der Waals surface area contributed by atoms with Gasteiger partial charge in [0.1, 0.15) is 5.82 Å². The zero-order valence-electron chi connectivity index (χ0n) is 17.4. The summed E-state index contributed by atoms with van der Waals surface area (Å²) >= 11 is 1.27. The van der Waals surface area contributed by atoms with E-state index in [4.69, 9.17) is 0 Å². The van der Waals surface area contributed by atoms with E-state index < -0.39 is 0 Å². The lowest BCUT2D eigenvalue weighted by Gasteiger charge is -2.10. The summed E-state index contributed by atoms with van der Waals surface area (Å²) in [5.41, 5.74) is 2.62. The molecule has 2 amide bonds. The van der Waals surface area contributed by atoms with E-state index in [-0.39, 0.29) is 24.0 Å². The Bertz CT molecular complexity index is 1050. The van der Waals surface area contributed by atoms with Gasteiger partial charge in [0.15, 0.2) is 5.16 Å². The molecule has 2 N–H and O–H groups in total. The van der Waals surface area contributed by atoms with Gasteiger partial charge in [0.2, 0.25) is 11.8 Å². The number of carbonyl (C=O) groups is 2. The molecular formula is C23H25N5O2S. The Hall–Kier alpha value is -3.39. The van der Waals surface area contributed by atoms with Crippen molar-refractivity contribution in [1.82, 2.24) is 14.8 Å². The third-order valence-corrected chi connectivity index (χ3v) is 5.45. The number of nitrogens with one attached hydrogen (secondary N) is 2. The fourth-order valence-electron chi connectivity index (χ4n) is 3.01. The molecule has 3 aromatic rings. The van der Waals surface area contributed by atoms with Crippen LogP contribution in [-0.4, -0.2) is 32.3 Å². The van der Waals surface area contributed by atoms with Crippen LogP contribution in [0.4, 0.5) is 11.4 Å². The minimum absolute atomic E-state index is 0.0790. The molecule has 0 bridgehead atoms. The number of allylic oxidation sites excluding steroid dienone is 1. The Morgan fingerprint density at radius 2 is 1.77 bits per heavy atom. The number of rotatable bonds is 10. The lowest BCUT2D eigenvalue weighted by molar-refractivity contribution is -0.116. The molecule has 31 heavy (non-hydrogen) atoms. The van der Waals surface area contributed by atoms with E-state index in [1.54, 1.807) is 10.6 Å². The van der Waals surface area contributed by atoms with Crippen molar-refractivity contribution in [3.8, 4) is 0 Å². The molecule has 0 saturated carbocycles. The molecule has 1 aromatic heterocycles. The molecule has 0 unspecified atom stereocenters. The summed E-state index contributed by atoms with van der Waals surface area (Å²) in [6.07, 6.45) is 2.62. The molecule has 7 nitrogen and oxygen atoms in total. The van der Waals surface area contributed by atoms with Crippen molar-refractivity contribution in [2.45, 2.75) is 31.5 Å². The molecule has 0 spiro atoms. The van der Waals surface area contributed by atoms with Gasteiger partial charge in [0.25, 0.3) is 0 Å². The van der Waals surface area contributed by atoms with Crippen LogP contribution in [0.3, 0.4) is 0 Å². The van der Waals surface area contributed by atoms with Crippen molar-refractivity contribution < 1.29 is 9.59 Å². The number of benzene rings is 2. The van der Waals surface area contributed by atoms with Crippen LogP contribution >= 0.6 is 11.8 Å². The molecule has 8 heteroatoms. The summed E-state index contributed by atoms with van der Waals surface area (Å²) in [7, 11) is 0. The van der Waals surface area contributed by atoms with Crippen LogP contribution in [0.5, 0.6) is 0 Å². The molecule has 0 aliphatic heterocycles. The molecule has 0 aliphatic rings. The van der Waals surface area contributed by atoms with Crippen LogP contribution in [-0.2, 0) is 29.0 Å². The van der Waals surface area contributed by atoms with E-state index >= 15 is 0 Å². The molecule has 0 radical (unpaired) electrons. The number of hydrogen-bond donors (Lipinski definition) is 2. The highest BCUT2D eigenvalue weighted by Gasteiger charge is 2.17. The fourth-order valence-corrected chi connectivity index (χ4v) is 3.77. The molecule has 3 rings (SSSR count). The van der Waals surface area contributed by atoms with Crippen LogP contribution in [0.15, 0.2) is 72.4 Å². The van der Waals surface area contributed by atoms with Crippen molar-refractivity contribution in [3.05, 3.63) is 78.6 Å². The van der Waals surface area contributed by atoms with Crippen molar-refractivity contribution in [2.24, 2.45) is 0 Å². The molecule has 0 fully saturated rings. The van der Waals surface area contributed by atoms with Crippen LogP contribution in [0.2, 0.25) is 0 Å². The molecule has 160 valence electrons. The number of thioether (sulfide) groups is 1. The van der Waals surface area contributed by atoms with E-state index in [0.29, 0.717) is 17.5 Å². The highest BCUT2D eigenvalue weighted by Crippen LogP contribution is 2.19. The standard InChI is InChI=1S/C23H25N5O2S/c1-3-14-28-20(15-21(29)25-19-13-9-8-10-17(19)4-2)26-27-23(28)31-16-22(30)24-18-11-6-5-7-12-18/h3,5-13H,1,4,14-16H2,2H3,(H,24,30)(H,25,29). The van der Waals surface area contributed by atoms with Gasteiger partial charge in [-0.1, -0.05) is 61.2 Å². The number of anilines is 2. The van der Waals surface area contributed by atoms with Crippen LogP contribution in [0.1, 0.15) is 18.3 Å². The predicted molar refractivity (Wildman–Crippen MR) is 124 cm³/mol. The highest BCUT2D eigenvalue weighted by molar-refractivity contribution is 7.99. The van der Waals surface area contributed by atoms with E-state index in [1.807, 2.05) is 61.5 Å². The maximum absolute atomic E-state index is 12.6. The zero-order valence-corrected chi connectivity index (χ0v) is 18.2. The first-order valence-electron chi connectivity index (χ1n) is 9.99. The summed E-state index contributed by atoms with van der Waals surface area (Å²) in [4.78, 5) is 24.8. The molecular weight excluding hydrogens is 410 g/mol. The Morgan fingerprint density at radius 1 is 1.03 bits per heavy atom. The van der Waals surface area contributed by atoms with Crippen LogP contribution < -0.4 is 10.6 Å². The van der Waals surface area contributed by atoms with E-state index in [9.17, 15) is 9.59 Å². The van der Waals surface area contributed by atoms with Gasteiger partial charge < -0.3 is 15.2 Å². The lowest BCUT2D eigenvalue weighted by atomic mass is 10.1. The second kappa shape index (κ2) is 11.1. The lowest BCUT2D eigenvalue weighted by Crippen LogP contribution is -2.19. The molecule has 0 saturated heterocycles. The van der Waals surface area contributed by atoms with E-state index in [1.165, 1.54) is 11.8 Å². The van der Waals surface area contributed by atoms with Crippen LogP contribution in [0, 0.1) is 0 Å². The molecule has 2 aromatic carbocycles. The van der Waals surface area contributed by atoms with Gasteiger partial charge in [-0.15, -0.1) is 16.8 Å². The average Bonchev–Trinajstić information content (AvgIpc) is 3.14. The van der Waals surface area contributed by atoms with E-state index in [0.717, 1.165) is 23.4 Å². The number of para-hydroxylation sites is 2. The minimum atomic E-state index is -0.169. The maximum Gasteiger partial charge on any atom is 0.234 e. The van der Waals surface area contributed by atoms with Crippen molar-refractivity contribution in [3.63, 3.8) is 0 Å². The molecule has 1 heterocycles. The van der Waals surface area contributed by atoms with Gasteiger partial charge in [0, 0.05) is 17.9 Å². The first kappa shape index (κ1) is 22.3. The molecule has 0 atom stereocenters. The monoisotopic (exact) mass is 435 g/mol. The normalized spacial score (nSPS) is 10.5. The number of hydrogen-bond acceptors (Lipinski definition) is 5. The first-order chi connectivity index (χ1) is 15.1. The molecule has 0 aliphatic carbocycles. The number of amides is 2. The van der Waals surface area contributed by atoms with E-state index in [2.05, 4.69) is 27.4 Å². The summed E-state index contributed by atoms with van der Waals surface area (Å²) in [5, 5.41) is 14.7. The quantitative estimate of drug-likeness (QED) is 0.372. The number of aromatic nitrogens is 3. The smallest absolute Gasteiger partial charge is 0.234 e. The second-order valence-electron chi connectivity index (χ2n) is 6.74. The van der Waals surface area contributed by atoms with Gasteiger partial charge in [-0.2, -0.15) is 0 Å². The van der Waals surface area contributed by atoms with Crippen molar-refractivity contribution in [1.29, 1.82) is 0 Å². The van der Waals surface area contributed by atoms with Crippen LogP contribution in [0.25, 0.3) is 0 Å². The summed E-state index contributed by atoms with van der Waals surface area (Å²) in [6.45, 7) is 6.27. The second-order valence-corrected chi connectivity index (χ2v) is 7.68. The average molecular weight is 436 g/mol. The van der Waals surface area contributed by atoms with Gasteiger partial charge in [-0.05, 0) is 30.2 Å². The van der Waals surface area contributed by atoms with Gasteiger partial charge in [-0.3, -0.25) is 9.59 Å². The first-order valence-corrected chi connectivity index (χ1v) is 11.0. The Balaban J connectivity index is 1.63. The number of carbonyl (C=O) groups excluding carboxylic acids is 2. The van der Waals surface area contributed by atoms with Crippen molar-refractivity contribution >= 4 is 35.0 Å². The Labute approximate surface area is 186 Å². The van der Waals surface area contributed by atoms with Crippen molar-refractivity contribution in [2.75, 3.05) is 16.4 Å². The Kier molecular flexibility index (Phi) is 8.00. The summed E-state index contributed by atoms with van der Waals surface area (Å²) < 4.78 is 1.80. The van der Waals surface area contributed by atoms with Gasteiger partial charge in [-0.25, -0.2) is 0 Å². The minimum Gasteiger partial charge on any atom is -0.325 e. The SMILES string of the molecule is C=CCn1c(CC(=O)Nc2ccccc2CC)nnc1SCC(=O)Nc1ccccc1. The third kappa shape index (κ3) is 6.29. The number of aryl methyl sites for hydroxylation is 1. The fraction of sp³-hybridized carbons (Fsp3) is 0.217. The summed E-state index contributed by atoms with van der Waals surface area (Å²) in [6, 6.07) is 17.0. The number of nitrogens with zero attached hydrogens (tertiary/aromatic N) is 3. The third-order valence-electron chi connectivity index (χ3n) is 4.49.